The zero-order chi connectivity index (χ0) is 6.27. The van der Waals surface area contributed by atoms with Crippen molar-refractivity contribution in [2.45, 2.75) is 25.0 Å². The minimum atomic E-state index is 0.532. The number of hydrogen-bond acceptors (Lipinski definition) is 2. The Morgan fingerprint density at radius 1 is 1.44 bits per heavy atom. The first kappa shape index (κ1) is 5.69. The molecule has 0 aromatic heterocycles. The molecule has 52 valence electrons. The average molecular weight is 127 g/mol. The maximum atomic E-state index is 5.34. The third-order valence-corrected chi connectivity index (χ3v) is 2.62. The minimum Gasteiger partial charge on any atom is -0.379 e. The number of piperidine rings is 1. The van der Waals surface area contributed by atoms with Gasteiger partial charge in [-0.25, -0.2) is 0 Å². The van der Waals surface area contributed by atoms with Gasteiger partial charge in [0.2, 0.25) is 0 Å². The fourth-order valence-electron chi connectivity index (χ4n) is 2.15. The van der Waals surface area contributed by atoms with Crippen molar-refractivity contribution in [1.82, 2.24) is 5.32 Å². The number of ether oxygens (including phenoxy) is 1. The summed E-state index contributed by atoms with van der Waals surface area (Å²) in [6.45, 7) is 1.18. The Bertz CT molecular complexity index is 95.5. The van der Waals surface area contributed by atoms with Crippen LogP contribution in [-0.4, -0.2) is 25.8 Å². The molecule has 0 aromatic carbocycles. The SMILES string of the molecule is CO[C@@H]1[C@H]2CC[C@H]1NC2. The number of rotatable bonds is 1. The van der Waals surface area contributed by atoms with E-state index in [-0.39, 0.29) is 0 Å². The average Bonchev–Trinajstić information content (AvgIpc) is 2.44. The molecule has 2 aliphatic rings. The molecular weight excluding hydrogens is 114 g/mol. The van der Waals surface area contributed by atoms with Gasteiger partial charge in [0, 0.05) is 19.7 Å². The Hall–Kier alpha value is -0.0800. The molecule has 1 saturated carbocycles. The van der Waals surface area contributed by atoms with Gasteiger partial charge < -0.3 is 10.1 Å². The zero-order valence-corrected chi connectivity index (χ0v) is 5.76. The fourth-order valence-corrected chi connectivity index (χ4v) is 2.15. The van der Waals surface area contributed by atoms with E-state index in [4.69, 9.17) is 4.74 Å². The minimum absolute atomic E-state index is 0.532. The first-order valence-corrected chi connectivity index (χ1v) is 3.68. The molecule has 2 nitrogen and oxygen atoms in total. The number of fused-ring (bicyclic) bond motifs is 2. The predicted octanol–water partition coefficient (Wildman–Crippen LogP) is 0.383. The molecule has 3 atom stereocenters. The summed E-state index contributed by atoms with van der Waals surface area (Å²) in [5.41, 5.74) is 0. The van der Waals surface area contributed by atoms with Gasteiger partial charge in [0.1, 0.15) is 0 Å². The van der Waals surface area contributed by atoms with Gasteiger partial charge in [0.05, 0.1) is 6.10 Å². The lowest BCUT2D eigenvalue weighted by Crippen LogP contribution is -2.28. The highest BCUT2D eigenvalue weighted by Gasteiger charge is 2.41. The molecule has 2 fully saturated rings. The van der Waals surface area contributed by atoms with Crippen LogP contribution < -0.4 is 5.32 Å². The van der Waals surface area contributed by atoms with Crippen LogP contribution in [-0.2, 0) is 4.74 Å². The molecular formula is C7H13NO. The summed E-state index contributed by atoms with van der Waals surface area (Å²) in [5, 5.41) is 3.43. The van der Waals surface area contributed by atoms with E-state index in [1.807, 2.05) is 7.11 Å². The van der Waals surface area contributed by atoms with Crippen molar-refractivity contribution >= 4 is 0 Å². The van der Waals surface area contributed by atoms with Crippen molar-refractivity contribution in [3.05, 3.63) is 0 Å². The molecule has 0 spiro atoms. The summed E-state index contributed by atoms with van der Waals surface area (Å²) >= 11 is 0. The van der Waals surface area contributed by atoms with Crippen LogP contribution in [0.4, 0.5) is 0 Å². The lowest BCUT2D eigenvalue weighted by molar-refractivity contribution is 0.0839. The lowest BCUT2D eigenvalue weighted by atomic mass is 10.1. The molecule has 0 amide bonds. The van der Waals surface area contributed by atoms with Crippen LogP contribution in [0.3, 0.4) is 0 Å². The van der Waals surface area contributed by atoms with Gasteiger partial charge in [-0.1, -0.05) is 0 Å². The van der Waals surface area contributed by atoms with E-state index in [9.17, 15) is 0 Å². The van der Waals surface area contributed by atoms with Crippen molar-refractivity contribution < 1.29 is 4.74 Å². The smallest absolute Gasteiger partial charge is 0.0764 e. The third kappa shape index (κ3) is 0.700. The number of methoxy groups -OCH3 is 1. The summed E-state index contributed by atoms with van der Waals surface area (Å²) in [7, 11) is 1.82. The van der Waals surface area contributed by atoms with Gasteiger partial charge in [-0.15, -0.1) is 0 Å². The molecule has 1 heterocycles. The summed E-state index contributed by atoms with van der Waals surface area (Å²) < 4.78 is 5.34. The van der Waals surface area contributed by atoms with E-state index in [0.717, 1.165) is 5.92 Å². The Kier molecular flexibility index (Phi) is 1.24. The fraction of sp³-hybridized carbons (Fsp3) is 1.00. The predicted molar refractivity (Wildman–Crippen MR) is 35.3 cm³/mol. The molecule has 9 heavy (non-hydrogen) atoms. The molecule has 1 N–H and O–H groups in total. The Labute approximate surface area is 55.6 Å². The second-order valence-electron chi connectivity index (χ2n) is 3.05. The highest BCUT2D eigenvalue weighted by molar-refractivity contribution is 4.97. The van der Waals surface area contributed by atoms with Crippen molar-refractivity contribution in [3.8, 4) is 0 Å². The second-order valence-corrected chi connectivity index (χ2v) is 3.05. The van der Waals surface area contributed by atoms with Gasteiger partial charge in [-0.05, 0) is 18.8 Å². The Balaban J connectivity index is 2.08. The van der Waals surface area contributed by atoms with Crippen LogP contribution in [0.5, 0.6) is 0 Å². The first-order valence-electron chi connectivity index (χ1n) is 3.68. The molecule has 2 rings (SSSR count). The van der Waals surface area contributed by atoms with Crippen molar-refractivity contribution in [1.29, 1.82) is 0 Å². The quantitative estimate of drug-likeness (QED) is 0.550. The van der Waals surface area contributed by atoms with E-state index in [1.165, 1.54) is 19.4 Å². The normalized spacial score (nSPS) is 48.3. The Morgan fingerprint density at radius 3 is 2.56 bits per heavy atom. The highest BCUT2D eigenvalue weighted by atomic mass is 16.5. The third-order valence-electron chi connectivity index (χ3n) is 2.62. The van der Waals surface area contributed by atoms with Gasteiger partial charge in [0.15, 0.2) is 0 Å². The lowest BCUT2D eigenvalue weighted by Gasteiger charge is -2.10. The van der Waals surface area contributed by atoms with Gasteiger partial charge >= 0.3 is 0 Å². The summed E-state index contributed by atoms with van der Waals surface area (Å²) in [6.07, 6.45) is 3.23. The maximum Gasteiger partial charge on any atom is 0.0764 e. The molecule has 0 radical (unpaired) electrons. The topological polar surface area (TPSA) is 21.3 Å². The molecule has 1 aliphatic heterocycles. The van der Waals surface area contributed by atoms with Gasteiger partial charge in [-0.3, -0.25) is 0 Å². The molecule has 2 heteroatoms. The number of nitrogens with one attached hydrogen (secondary N) is 1. The molecule has 1 saturated heterocycles. The molecule has 0 aromatic rings. The van der Waals surface area contributed by atoms with Gasteiger partial charge in [-0.2, -0.15) is 0 Å². The van der Waals surface area contributed by atoms with Crippen molar-refractivity contribution in [2.24, 2.45) is 5.92 Å². The Morgan fingerprint density at radius 2 is 2.33 bits per heavy atom. The van der Waals surface area contributed by atoms with Gasteiger partial charge in [0.25, 0.3) is 0 Å². The van der Waals surface area contributed by atoms with Crippen LogP contribution in [0, 0.1) is 5.92 Å². The monoisotopic (exact) mass is 127 g/mol. The summed E-state index contributed by atoms with van der Waals surface area (Å²) in [6, 6.07) is 0.681. The van der Waals surface area contributed by atoms with Crippen LogP contribution in [0.2, 0.25) is 0 Å². The van der Waals surface area contributed by atoms with E-state index >= 15 is 0 Å². The first-order chi connectivity index (χ1) is 4.42. The van der Waals surface area contributed by atoms with Crippen LogP contribution in [0.25, 0.3) is 0 Å². The molecule has 0 unspecified atom stereocenters. The van der Waals surface area contributed by atoms with Crippen LogP contribution in [0.15, 0.2) is 0 Å². The maximum absolute atomic E-state index is 5.34. The second kappa shape index (κ2) is 1.96. The van der Waals surface area contributed by atoms with Crippen LogP contribution >= 0.6 is 0 Å². The zero-order valence-electron chi connectivity index (χ0n) is 5.76. The van der Waals surface area contributed by atoms with Crippen molar-refractivity contribution in [3.63, 3.8) is 0 Å². The summed E-state index contributed by atoms with van der Waals surface area (Å²) in [5.74, 6) is 0.819. The standard InChI is InChI=1S/C7H13NO/c1-9-7-5-2-3-6(7)8-4-5/h5-8H,2-4H2,1H3/t5-,6+,7+/m0/s1. The largest absolute Gasteiger partial charge is 0.379 e. The number of hydrogen-bond donors (Lipinski definition) is 1. The highest BCUT2D eigenvalue weighted by Crippen LogP contribution is 2.32. The molecule has 2 bridgehead atoms. The van der Waals surface area contributed by atoms with E-state index in [0.29, 0.717) is 12.1 Å². The molecule has 1 aliphatic carbocycles. The van der Waals surface area contributed by atoms with E-state index < -0.39 is 0 Å². The van der Waals surface area contributed by atoms with E-state index in [2.05, 4.69) is 5.32 Å². The van der Waals surface area contributed by atoms with E-state index in [1.54, 1.807) is 0 Å². The van der Waals surface area contributed by atoms with Crippen LogP contribution in [0.1, 0.15) is 12.8 Å². The summed E-state index contributed by atoms with van der Waals surface area (Å²) in [4.78, 5) is 0. The van der Waals surface area contributed by atoms with Crippen molar-refractivity contribution in [2.75, 3.05) is 13.7 Å².